The summed E-state index contributed by atoms with van der Waals surface area (Å²) in [7, 11) is 0. The molecule has 126 valence electrons. The van der Waals surface area contributed by atoms with E-state index in [0.717, 1.165) is 42.7 Å². The summed E-state index contributed by atoms with van der Waals surface area (Å²) in [4.78, 5) is 11.0. The highest BCUT2D eigenvalue weighted by molar-refractivity contribution is 5.86. The predicted octanol–water partition coefficient (Wildman–Crippen LogP) is 2.82. The maximum atomic E-state index is 10.5. The fourth-order valence-corrected chi connectivity index (χ4v) is 3.54. The Morgan fingerprint density at radius 1 is 1.33 bits per heavy atom. The fraction of sp³-hybridized carbons (Fsp3) is 0.471. The molecule has 2 N–H and O–H groups in total. The lowest BCUT2D eigenvalue weighted by molar-refractivity contribution is 0.129. The number of hydrogen-bond donors (Lipinski definition) is 2. The molecule has 4 rings (SSSR count). The maximum absolute atomic E-state index is 10.5. The molecule has 0 aliphatic carbocycles. The van der Waals surface area contributed by atoms with Gasteiger partial charge in [-0.25, -0.2) is 9.97 Å². The second kappa shape index (κ2) is 6.60. The van der Waals surface area contributed by atoms with Crippen LogP contribution >= 0.6 is 0 Å². The zero-order chi connectivity index (χ0) is 16.4. The Morgan fingerprint density at radius 2 is 2.29 bits per heavy atom. The summed E-state index contributed by atoms with van der Waals surface area (Å²) < 4.78 is 5.36. The highest BCUT2D eigenvalue weighted by atomic mass is 16.4. The van der Waals surface area contributed by atoms with Gasteiger partial charge in [0.2, 0.25) is 0 Å². The average molecular weight is 327 g/mol. The fourth-order valence-electron chi connectivity index (χ4n) is 3.54. The molecule has 3 aromatic rings. The minimum absolute atomic E-state index is 0.209. The number of hydrogen-bond acceptors (Lipinski definition) is 6. The van der Waals surface area contributed by atoms with Gasteiger partial charge in [0.15, 0.2) is 5.65 Å². The van der Waals surface area contributed by atoms with E-state index in [9.17, 15) is 5.11 Å². The van der Waals surface area contributed by atoms with Crippen LogP contribution in [0, 0.1) is 0 Å². The van der Waals surface area contributed by atoms with E-state index < -0.39 is 6.10 Å². The van der Waals surface area contributed by atoms with Crippen molar-refractivity contribution in [1.29, 1.82) is 0 Å². The highest BCUT2D eigenvalue weighted by Crippen LogP contribution is 2.32. The Morgan fingerprint density at radius 3 is 3.17 bits per heavy atom. The lowest BCUT2D eigenvalue weighted by Crippen LogP contribution is -2.36. The first-order chi connectivity index (χ1) is 11.8. The van der Waals surface area contributed by atoms with Gasteiger partial charge in [0.25, 0.3) is 0 Å². The quantitative estimate of drug-likeness (QED) is 0.765. The topological polar surface area (TPSA) is 91.1 Å². The molecule has 4 heterocycles. The number of aliphatic hydroxyl groups is 1. The van der Waals surface area contributed by atoms with Gasteiger partial charge in [0, 0.05) is 19.0 Å². The molecule has 1 aliphatic rings. The molecule has 0 aromatic carbocycles. The molecule has 0 amide bonds. The van der Waals surface area contributed by atoms with Gasteiger partial charge < -0.3 is 14.4 Å². The molecule has 3 aromatic heterocycles. The van der Waals surface area contributed by atoms with Crippen LogP contribution in [0.15, 0.2) is 35.3 Å². The van der Waals surface area contributed by atoms with Crippen molar-refractivity contribution in [2.45, 2.75) is 44.2 Å². The first kappa shape index (κ1) is 15.1. The van der Waals surface area contributed by atoms with Crippen LogP contribution in [0.1, 0.15) is 44.0 Å². The predicted molar refractivity (Wildman–Crippen MR) is 89.6 cm³/mol. The van der Waals surface area contributed by atoms with Gasteiger partial charge in [0.1, 0.15) is 24.0 Å². The van der Waals surface area contributed by atoms with Crippen LogP contribution in [0.3, 0.4) is 0 Å². The molecular weight excluding hydrogens is 306 g/mol. The van der Waals surface area contributed by atoms with Crippen molar-refractivity contribution in [3.63, 3.8) is 0 Å². The van der Waals surface area contributed by atoms with Gasteiger partial charge >= 0.3 is 0 Å². The molecule has 2 atom stereocenters. The van der Waals surface area contributed by atoms with Crippen LogP contribution in [0.4, 0.5) is 5.82 Å². The molecule has 0 bridgehead atoms. The number of nitrogens with zero attached hydrogens (tertiary/aromatic N) is 4. The summed E-state index contributed by atoms with van der Waals surface area (Å²) >= 11 is 0. The standard InChI is InChI=1S/C17H21N5O2/c23-14(15-6-4-8-24-15)9-12-5-2-1-3-7-22(12)17-13-10-20-21-16(13)18-11-19-17/h4,6,8,10-12,14,23H,1-3,5,7,9H2,(H,18,19,20,21)/t12-,14+/m1/s1. The Labute approximate surface area is 139 Å². The van der Waals surface area contributed by atoms with Gasteiger partial charge in [-0.2, -0.15) is 5.10 Å². The van der Waals surface area contributed by atoms with Gasteiger partial charge in [-0.05, 0) is 25.0 Å². The van der Waals surface area contributed by atoms with Crippen molar-refractivity contribution in [2.24, 2.45) is 0 Å². The first-order valence-electron chi connectivity index (χ1n) is 8.45. The van der Waals surface area contributed by atoms with Gasteiger partial charge in [0.05, 0.1) is 17.8 Å². The smallest absolute Gasteiger partial charge is 0.160 e. The molecule has 0 radical (unpaired) electrons. The Bertz CT molecular complexity index is 785. The van der Waals surface area contributed by atoms with Gasteiger partial charge in [-0.1, -0.05) is 12.8 Å². The molecule has 1 aliphatic heterocycles. The largest absolute Gasteiger partial charge is 0.467 e. The number of anilines is 1. The van der Waals surface area contributed by atoms with Gasteiger partial charge in [-0.3, -0.25) is 5.10 Å². The van der Waals surface area contributed by atoms with E-state index in [-0.39, 0.29) is 6.04 Å². The van der Waals surface area contributed by atoms with E-state index in [4.69, 9.17) is 4.42 Å². The number of aromatic nitrogens is 4. The maximum Gasteiger partial charge on any atom is 0.160 e. The number of H-pyrrole nitrogens is 1. The van der Waals surface area contributed by atoms with Crippen molar-refractivity contribution < 1.29 is 9.52 Å². The molecular formula is C17H21N5O2. The second-order valence-electron chi connectivity index (χ2n) is 6.29. The minimum Gasteiger partial charge on any atom is -0.467 e. The van der Waals surface area contributed by atoms with Crippen LogP contribution in [0.5, 0.6) is 0 Å². The SMILES string of the molecule is O[C@@H](C[C@H]1CCCCCN1c1ncnc2[nH]ncc12)c1ccco1. The summed E-state index contributed by atoms with van der Waals surface area (Å²) in [6.45, 7) is 0.923. The Hall–Kier alpha value is -2.41. The first-order valence-corrected chi connectivity index (χ1v) is 8.45. The van der Waals surface area contributed by atoms with Crippen molar-refractivity contribution in [3.8, 4) is 0 Å². The van der Waals surface area contributed by atoms with E-state index in [1.165, 1.54) is 6.42 Å². The summed E-state index contributed by atoms with van der Waals surface area (Å²) in [6, 6.07) is 3.84. The number of furan rings is 1. The molecule has 0 spiro atoms. The number of aliphatic hydroxyl groups excluding tert-OH is 1. The summed E-state index contributed by atoms with van der Waals surface area (Å²) in [5.41, 5.74) is 0.745. The van der Waals surface area contributed by atoms with Crippen molar-refractivity contribution in [3.05, 3.63) is 36.7 Å². The average Bonchev–Trinajstić information content (AvgIpc) is 3.24. The zero-order valence-corrected chi connectivity index (χ0v) is 13.4. The van der Waals surface area contributed by atoms with Crippen molar-refractivity contribution >= 4 is 16.9 Å². The number of rotatable bonds is 4. The van der Waals surface area contributed by atoms with Crippen molar-refractivity contribution in [1.82, 2.24) is 20.2 Å². The van der Waals surface area contributed by atoms with E-state index in [1.807, 2.05) is 12.1 Å². The van der Waals surface area contributed by atoms with E-state index in [2.05, 4.69) is 25.1 Å². The van der Waals surface area contributed by atoms with Gasteiger partial charge in [-0.15, -0.1) is 0 Å². The third-order valence-corrected chi connectivity index (χ3v) is 4.74. The van der Waals surface area contributed by atoms with Crippen LogP contribution < -0.4 is 4.90 Å². The summed E-state index contributed by atoms with van der Waals surface area (Å²) in [5.74, 6) is 1.52. The molecule has 7 nitrogen and oxygen atoms in total. The second-order valence-corrected chi connectivity index (χ2v) is 6.29. The minimum atomic E-state index is -0.604. The molecule has 1 fully saturated rings. The Balaban J connectivity index is 1.64. The van der Waals surface area contributed by atoms with Crippen molar-refractivity contribution in [2.75, 3.05) is 11.4 Å². The third-order valence-electron chi connectivity index (χ3n) is 4.74. The summed E-state index contributed by atoms with van der Waals surface area (Å²) in [6.07, 6.45) is 9.47. The van der Waals surface area contributed by atoms with E-state index in [1.54, 1.807) is 18.8 Å². The van der Waals surface area contributed by atoms with Crippen LogP contribution in [0.2, 0.25) is 0 Å². The summed E-state index contributed by atoms with van der Waals surface area (Å²) in [5, 5.41) is 18.4. The number of aromatic amines is 1. The Kier molecular flexibility index (Phi) is 4.17. The van der Waals surface area contributed by atoms with Crippen LogP contribution in [0.25, 0.3) is 11.0 Å². The number of fused-ring (bicyclic) bond motifs is 1. The molecule has 7 heteroatoms. The molecule has 1 saturated heterocycles. The lowest BCUT2D eigenvalue weighted by atomic mass is 10.0. The normalized spacial score (nSPS) is 20.2. The van der Waals surface area contributed by atoms with Crippen LogP contribution in [-0.2, 0) is 0 Å². The molecule has 0 saturated carbocycles. The zero-order valence-electron chi connectivity index (χ0n) is 13.4. The molecule has 24 heavy (non-hydrogen) atoms. The lowest BCUT2D eigenvalue weighted by Gasteiger charge is -2.32. The number of nitrogens with one attached hydrogen (secondary N) is 1. The monoisotopic (exact) mass is 327 g/mol. The molecule has 0 unspecified atom stereocenters. The van der Waals surface area contributed by atoms with Crippen LogP contribution in [-0.4, -0.2) is 37.9 Å². The van der Waals surface area contributed by atoms with E-state index in [0.29, 0.717) is 12.2 Å². The highest BCUT2D eigenvalue weighted by Gasteiger charge is 2.27. The van der Waals surface area contributed by atoms with E-state index >= 15 is 0 Å². The third kappa shape index (κ3) is 2.87.